The maximum atomic E-state index is 12.7. The zero-order valence-electron chi connectivity index (χ0n) is 15.7. The predicted octanol–water partition coefficient (Wildman–Crippen LogP) is 2.97. The molecule has 0 radical (unpaired) electrons. The summed E-state index contributed by atoms with van der Waals surface area (Å²) in [5.41, 5.74) is -0.694. The Morgan fingerprint density at radius 1 is 1.25 bits per heavy atom. The van der Waals surface area contributed by atoms with Gasteiger partial charge in [0.2, 0.25) is 0 Å². The second kappa shape index (κ2) is 10.5. The molecule has 0 spiro atoms. The lowest BCUT2D eigenvalue weighted by Gasteiger charge is -2.21. The average molecular weight is 401 g/mol. The summed E-state index contributed by atoms with van der Waals surface area (Å²) < 4.78 is 47.3. The van der Waals surface area contributed by atoms with Crippen LogP contribution in [0.15, 0.2) is 30.3 Å². The van der Waals surface area contributed by atoms with Crippen molar-refractivity contribution >= 4 is 23.9 Å². The molecule has 0 unspecified atom stereocenters. The molecule has 0 saturated carbocycles. The fourth-order valence-electron chi connectivity index (χ4n) is 2.18. The molecule has 0 fully saturated rings. The number of carbonyl (C=O) groups is 3. The fraction of sp³-hybridized carbons (Fsp3) is 0.421. The van der Waals surface area contributed by atoms with E-state index >= 15 is 0 Å². The molecular weight excluding hydrogens is 379 g/mol. The summed E-state index contributed by atoms with van der Waals surface area (Å²) in [6, 6.07) is 3.52. The maximum Gasteiger partial charge on any atom is 0.416 e. The number of hydrogen-bond donors (Lipinski definition) is 1. The van der Waals surface area contributed by atoms with E-state index < -0.39 is 42.2 Å². The molecule has 0 aliphatic carbocycles. The molecule has 1 amide bonds. The van der Waals surface area contributed by atoms with E-state index in [9.17, 15) is 27.6 Å². The molecule has 28 heavy (non-hydrogen) atoms. The number of amides is 1. The predicted molar refractivity (Wildman–Crippen MR) is 94.8 cm³/mol. The van der Waals surface area contributed by atoms with Crippen LogP contribution in [0.1, 0.15) is 31.4 Å². The summed E-state index contributed by atoms with van der Waals surface area (Å²) in [5.74, 6) is -2.41. The second-order valence-corrected chi connectivity index (χ2v) is 6.02. The Morgan fingerprint density at radius 2 is 1.93 bits per heavy atom. The van der Waals surface area contributed by atoms with Gasteiger partial charge in [-0.1, -0.05) is 32.4 Å². The molecule has 0 heterocycles. The van der Waals surface area contributed by atoms with Gasteiger partial charge in [0.05, 0.1) is 12.7 Å². The third-order valence-electron chi connectivity index (χ3n) is 3.96. The third-order valence-corrected chi connectivity index (χ3v) is 3.96. The van der Waals surface area contributed by atoms with Crippen LogP contribution < -0.4 is 5.32 Å². The second-order valence-electron chi connectivity index (χ2n) is 6.02. The van der Waals surface area contributed by atoms with Gasteiger partial charge in [0.25, 0.3) is 5.91 Å². The van der Waals surface area contributed by atoms with Crippen LogP contribution in [0.4, 0.5) is 13.2 Å². The molecule has 2 atom stereocenters. The van der Waals surface area contributed by atoms with E-state index in [2.05, 4.69) is 10.1 Å². The number of halogens is 3. The molecule has 1 N–H and O–H groups in total. The zero-order valence-corrected chi connectivity index (χ0v) is 15.7. The van der Waals surface area contributed by atoms with Crippen molar-refractivity contribution in [2.75, 3.05) is 13.7 Å². The SMILES string of the molecule is CC[C@@H](C)[C@H](NC(=O)COC(=O)/C=C/c1cccc(C(F)(F)F)c1)C(=O)OC. The molecule has 9 heteroatoms. The molecule has 0 aromatic heterocycles. The summed E-state index contributed by atoms with van der Waals surface area (Å²) in [5, 5.41) is 2.43. The fourth-order valence-corrected chi connectivity index (χ4v) is 2.18. The Morgan fingerprint density at radius 3 is 2.50 bits per heavy atom. The van der Waals surface area contributed by atoms with E-state index in [0.29, 0.717) is 6.42 Å². The van der Waals surface area contributed by atoms with Crippen LogP contribution in [0.2, 0.25) is 0 Å². The van der Waals surface area contributed by atoms with E-state index in [4.69, 9.17) is 4.74 Å². The van der Waals surface area contributed by atoms with Crippen molar-refractivity contribution in [3.05, 3.63) is 41.5 Å². The van der Waals surface area contributed by atoms with Crippen molar-refractivity contribution in [3.8, 4) is 0 Å². The number of alkyl halides is 3. The van der Waals surface area contributed by atoms with E-state index in [-0.39, 0.29) is 11.5 Å². The van der Waals surface area contributed by atoms with Gasteiger partial charge in [-0.15, -0.1) is 0 Å². The standard InChI is InChI=1S/C19H22F3NO5/c1-4-12(2)17(18(26)27-3)23-15(24)11-28-16(25)9-8-13-6-5-7-14(10-13)19(20,21)22/h5-10,12,17H,4,11H2,1-3H3,(H,23,24)/b9-8+/t12-,17+/m1/s1. The highest BCUT2D eigenvalue weighted by Gasteiger charge is 2.30. The largest absolute Gasteiger partial charge is 0.467 e. The Labute approximate surface area is 160 Å². The van der Waals surface area contributed by atoms with Crippen molar-refractivity contribution < 1.29 is 37.0 Å². The highest BCUT2D eigenvalue weighted by atomic mass is 19.4. The summed E-state index contributed by atoms with van der Waals surface area (Å²) in [4.78, 5) is 35.3. The first-order chi connectivity index (χ1) is 13.1. The van der Waals surface area contributed by atoms with Gasteiger partial charge in [0, 0.05) is 6.08 Å². The number of nitrogens with one attached hydrogen (secondary N) is 1. The van der Waals surface area contributed by atoms with Crippen LogP contribution in [-0.2, 0) is 30.0 Å². The molecule has 0 aliphatic heterocycles. The first kappa shape index (κ1) is 23.2. The van der Waals surface area contributed by atoms with Gasteiger partial charge < -0.3 is 14.8 Å². The van der Waals surface area contributed by atoms with Crippen molar-refractivity contribution in [3.63, 3.8) is 0 Å². The van der Waals surface area contributed by atoms with Crippen molar-refractivity contribution in [1.29, 1.82) is 0 Å². The molecule has 0 saturated heterocycles. The van der Waals surface area contributed by atoms with Gasteiger partial charge >= 0.3 is 18.1 Å². The Kier molecular flexibility index (Phi) is 8.69. The summed E-state index contributed by atoms with van der Waals surface area (Å²) >= 11 is 0. The summed E-state index contributed by atoms with van der Waals surface area (Å²) in [6.07, 6.45) is -1.82. The molecule has 1 aromatic carbocycles. The van der Waals surface area contributed by atoms with Crippen LogP contribution in [0.25, 0.3) is 6.08 Å². The van der Waals surface area contributed by atoms with Gasteiger partial charge in [-0.25, -0.2) is 9.59 Å². The minimum Gasteiger partial charge on any atom is -0.467 e. The van der Waals surface area contributed by atoms with Gasteiger partial charge in [-0.3, -0.25) is 4.79 Å². The molecule has 0 bridgehead atoms. The number of benzene rings is 1. The minimum atomic E-state index is -4.49. The van der Waals surface area contributed by atoms with E-state index in [1.165, 1.54) is 19.2 Å². The van der Waals surface area contributed by atoms with Gasteiger partial charge in [0.15, 0.2) is 6.61 Å². The Bertz CT molecular complexity index is 731. The highest BCUT2D eigenvalue weighted by Crippen LogP contribution is 2.29. The monoisotopic (exact) mass is 401 g/mol. The average Bonchev–Trinajstić information content (AvgIpc) is 2.67. The van der Waals surface area contributed by atoms with Crippen LogP contribution in [0, 0.1) is 5.92 Å². The normalized spacial score (nSPS) is 13.6. The molecular formula is C19H22F3NO5. The van der Waals surface area contributed by atoms with Crippen LogP contribution in [0.3, 0.4) is 0 Å². The maximum absolute atomic E-state index is 12.7. The topological polar surface area (TPSA) is 81.7 Å². The lowest BCUT2D eigenvalue weighted by atomic mass is 9.99. The van der Waals surface area contributed by atoms with Crippen molar-refractivity contribution in [2.45, 2.75) is 32.5 Å². The first-order valence-corrected chi connectivity index (χ1v) is 8.47. The minimum absolute atomic E-state index is 0.152. The van der Waals surface area contributed by atoms with E-state index in [1.807, 2.05) is 6.92 Å². The molecule has 154 valence electrons. The van der Waals surface area contributed by atoms with E-state index in [0.717, 1.165) is 24.3 Å². The molecule has 1 rings (SSSR count). The first-order valence-electron chi connectivity index (χ1n) is 8.47. The number of esters is 2. The third kappa shape index (κ3) is 7.42. The van der Waals surface area contributed by atoms with Crippen LogP contribution in [0.5, 0.6) is 0 Å². The zero-order chi connectivity index (χ0) is 21.3. The van der Waals surface area contributed by atoms with Gasteiger partial charge in [0.1, 0.15) is 6.04 Å². The molecule has 0 aliphatic rings. The molecule has 1 aromatic rings. The van der Waals surface area contributed by atoms with Gasteiger partial charge in [-0.2, -0.15) is 13.2 Å². The van der Waals surface area contributed by atoms with Crippen molar-refractivity contribution in [2.24, 2.45) is 5.92 Å². The highest BCUT2D eigenvalue weighted by molar-refractivity contribution is 5.90. The quantitative estimate of drug-likeness (QED) is 0.535. The summed E-state index contributed by atoms with van der Waals surface area (Å²) in [6.45, 7) is 2.95. The Hall–Kier alpha value is -2.84. The lowest BCUT2D eigenvalue weighted by molar-refractivity contribution is -0.148. The number of rotatable bonds is 8. The van der Waals surface area contributed by atoms with Crippen LogP contribution in [-0.4, -0.2) is 37.6 Å². The van der Waals surface area contributed by atoms with Crippen molar-refractivity contribution in [1.82, 2.24) is 5.32 Å². The number of hydrogen-bond acceptors (Lipinski definition) is 5. The van der Waals surface area contributed by atoms with Crippen LogP contribution >= 0.6 is 0 Å². The Balaban J connectivity index is 2.61. The smallest absolute Gasteiger partial charge is 0.416 e. The number of carbonyl (C=O) groups excluding carboxylic acids is 3. The summed E-state index contributed by atoms with van der Waals surface area (Å²) in [7, 11) is 1.20. The number of ether oxygens (including phenoxy) is 2. The van der Waals surface area contributed by atoms with E-state index in [1.54, 1.807) is 6.92 Å². The number of methoxy groups -OCH3 is 1. The van der Waals surface area contributed by atoms with Gasteiger partial charge in [-0.05, 0) is 29.7 Å². The molecule has 6 nitrogen and oxygen atoms in total. The lowest BCUT2D eigenvalue weighted by Crippen LogP contribution is -2.47.